The Labute approximate surface area is 180 Å². The van der Waals surface area contributed by atoms with Crippen LogP contribution in [0.3, 0.4) is 0 Å². The lowest BCUT2D eigenvalue weighted by atomic mass is 9.82. The lowest BCUT2D eigenvalue weighted by Crippen LogP contribution is -2.43. The molecule has 8 nitrogen and oxygen atoms in total. The van der Waals surface area contributed by atoms with E-state index < -0.39 is 23.1 Å². The summed E-state index contributed by atoms with van der Waals surface area (Å²) in [5.74, 6) is -0.200. The van der Waals surface area contributed by atoms with Crippen molar-refractivity contribution < 1.29 is 14.3 Å². The van der Waals surface area contributed by atoms with Gasteiger partial charge in [0.05, 0.1) is 23.7 Å². The van der Waals surface area contributed by atoms with E-state index in [2.05, 4.69) is 11.9 Å². The van der Waals surface area contributed by atoms with Gasteiger partial charge in [0.2, 0.25) is 0 Å². The molecule has 0 bridgehead atoms. The SMILES string of the molecule is C=CCOC(=O)C1=C(C)Nc2c(c(=O)n(C)c(=O)n2C)C1c1ccc(OCCC)cc1. The molecular formula is C23H27N3O5. The van der Waals surface area contributed by atoms with Crippen molar-refractivity contribution in [3.8, 4) is 5.75 Å². The average Bonchev–Trinajstić information content (AvgIpc) is 2.78. The Morgan fingerprint density at radius 2 is 1.87 bits per heavy atom. The molecule has 0 saturated carbocycles. The Hall–Kier alpha value is -3.55. The summed E-state index contributed by atoms with van der Waals surface area (Å²) in [4.78, 5) is 38.6. The number of benzene rings is 1. The van der Waals surface area contributed by atoms with Crippen molar-refractivity contribution in [2.45, 2.75) is 26.2 Å². The van der Waals surface area contributed by atoms with E-state index in [1.165, 1.54) is 17.7 Å². The number of nitrogens with zero attached hydrogens (tertiary/aromatic N) is 2. The zero-order valence-electron chi connectivity index (χ0n) is 18.2. The molecule has 1 atom stereocenters. The first kappa shape index (κ1) is 22.1. The number of nitrogens with one attached hydrogen (secondary N) is 1. The van der Waals surface area contributed by atoms with Gasteiger partial charge in [0.15, 0.2) is 0 Å². The van der Waals surface area contributed by atoms with E-state index in [9.17, 15) is 14.4 Å². The number of anilines is 1. The summed E-state index contributed by atoms with van der Waals surface area (Å²) in [6.07, 6.45) is 2.37. The second kappa shape index (κ2) is 9.07. The van der Waals surface area contributed by atoms with Gasteiger partial charge in [0.1, 0.15) is 18.2 Å². The standard InChI is InChI=1S/C23H27N3O5/c1-6-12-30-16-10-8-15(9-11-16)18-17(22(28)31-13-7-2)14(3)24-20-19(18)21(27)26(5)23(29)25(20)4/h7-11,18,24H,2,6,12-13H2,1,3-5H3. The van der Waals surface area contributed by atoms with Crippen LogP contribution in [0.15, 0.2) is 57.8 Å². The van der Waals surface area contributed by atoms with Gasteiger partial charge < -0.3 is 14.8 Å². The van der Waals surface area contributed by atoms with Crippen LogP contribution >= 0.6 is 0 Å². The first-order valence-corrected chi connectivity index (χ1v) is 10.1. The highest BCUT2D eigenvalue weighted by Gasteiger charge is 2.37. The van der Waals surface area contributed by atoms with Crippen molar-refractivity contribution >= 4 is 11.8 Å². The van der Waals surface area contributed by atoms with Gasteiger partial charge in [-0.15, -0.1) is 0 Å². The van der Waals surface area contributed by atoms with Gasteiger partial charge >= 0.3 is 11.7 Å². The predicted molar refractivity (Wildman–Crippen MR) is 118 cm³/mol. The Balaban J connectivity index is 2.22. The molecule has 0 radical (unpaired) electrons. The van der Waals surface area contributed by atoms with Gasteiger partial charge in [0.25, 0.3) is 5.56 Å². The van der Waals surface area contributed by atoms with Crippen LogP contribution in [0.25, 0.3) is 0 Å². The molecule has 0 fully saturated rings. The Bertz CT molecular complexity index is 1160. The zero-order valence-corrected chi connectivity index (χ0v) is 18.2. The summed E-state index contributed by atoms with van der Waals surface area (Å²) in [6, 6.07) is 7.26. The molecule has 8 heteroatoms. The maximum absolute atomic E-state index is 13.2. The van der Waals surface area contributed by atoms with Crippen LogP contribution < -0.4 is 21.3 Å². The number of esters is 1. The van der Waals surface area contributed by atoms with Gasteiger partial charge in [-0.05, 0) is 31.0 Å². The van der Waals surface area contributed by atoms with Crippen LogP contribution in [0, 0.1) is 0 Å². The molecule has 0 amide bonds. The molecule has 2 heterocycles. The third-order valence-corrected chi connectivity index (χ3v) is 5.23. The molecule has 0 spiro atoms. The van der Waals surface area contributed by atoms with Crippen molar-refractivity contribution in [3.63, 3.8) is 0 Å². The summed E-state index contributed by atoms with van der Waals surface area (Å²) >= 11 is 0. The molecule has 1 unspecified atom stereocenters. The number of hydrogen-bond donors (Lipinski definition) is 1. The summed E-state index contributed by atoms with van der Waals surface area (Å²) in [6.45, 7) is 7.96. The van der Waals surface area contributed by atoms with Gasteiger partial charge in [-0.1, -0.05) is 31.7 Å². The van der Waals surface area contributed by atoms with Crippen LogP contribution in [0.4, 0.5) is 5.82 Å². The van der Waals surface area contributed by atoms with Gasteiger partial charge in [0, 0.05) is 19.8 Å². The van der Waals surface area contributed by atoms with Crippen molar-refractivity contribution in [2.75, 3.05) is 18.5 Å². The molecule has 1 N–H and O–H groups in total. The normalized spacial score (nSPS) is 15.2. The van der Waals surface area contributed by atoms with Crippen LogP contribution in [-0.2, 0) is 23.6 Å². The predicted octanol–water partition coefficient (Wildman–Crippen LogP) is 2.43. The zero-order chi connectivity index (χ0) is 22.7. The van der Waals surface area contributed by atoms with Crippen LogP contribution in [0.2, 0.25) is 0 Å². The van der Waals surface area contributed by atoms with E-state index in [1.807, 2.05) is 19.1 Å². The van der Waals surface area contributed by atoms with E-state index in [-0.39, 0.29) is 6.61 Å². The van der Waals surface area contributed by atoms with Crippen molar-refractivity contribution in [1.29, 1.82) is 0 Å². The van der Waals surface area contributed by atoms with Crippen molar-refractivity contribution in [3.05, 3.63) is 80.2 Å². The summed E-state index contributed by atoms with van der Waals surface area (Å²) < 4.78 is 13.4. The number of aromatic nitrogens is 2. The van der Waals surface area contributed by atoms with Gasteiger partial charge in [-0.2, -0.15) is 0 Å². The minimum atomic E-state index is -0.709. The van der Waals surface area contributed by atoms with Crippen LogP contribution in [0.1, 0.15) is 37.3 Å². The molecule has 2 aromatic rings. The molecule has 1 aromatic heterocycles. The number of carbonyl (C=O) groups excluding carboxylic acids is 1. The molecule has 1 aliphatic rings. The van der Waals surface area contributed by atoms with Gasteiger partial charge in [-0.3, -0.25) is 13.9 Å². The lowest BCUT2D eigenvalue weighted by molar-refractivity contribution is -0.138. The molecule has 31 heavy (non-hydrogen) atoms. The number of carbonyl (C=O) groups is 1. The largest absolute Gasteiger partial charge is 0.494 e. The highest BCUT2D eigenvalue weighted by atomic mass is 16.5. The molecule has 1 aliphatic heterocycles. The van der Waals surface area contributed by atoms with E-state index >= 15 is 0 Å². The molecule has 1 aromatic carbocycles. The second-order valence-electron chi connectivity index (χ2n) is 7.37. The lowest BCUT2D eigenvalue weighted by Gasteiger charge is -2.30. The first-order valence-electron chi connectivity index (χ1n) is 10.1. The fraction of sp³-hybridized carbons (Fsp3) is 0.348. The Kier molecular flexibility index (Phi) is 6.48. The molecular weight excluding hydrogens is 398 g/mol. The summed E-state index contributed by atoms with van der Waals surface area (Å²) in [5.41, 5.74) is 0.927. The highest BCUT2D eigenvalue weighted by molar-refractivity contribution is 5.94. The quantitative estimate of drug-likeness (QED) is 0.541. The fourth-order valence-electron chi connectivity index (χ4n) is 3.68. The third-order valence-electron chi connectivity index (χ3n) is 5.23. The van der Waals surface area contributed by atoms with E-state index in [4.69, 9.17) is 9.47 Å². The second-order valence-corrected chi connectivity index (χ2v) is 7.37. The topological polar surface area (TPSA) is 91.6 Å². The Morgan fingerprint density at radius 1 is 1.19 bits per heavy atom. The maximum Gasteiger partial charge on any atom is 0.337 e. The Morgan fingerprint density at radius 3 is 2.48 bits per heavy atom. The number of ether oxygens (including phenoxy) is 2. The fourth-order valence-corrected chi connectivity index (χ4v) is 3.68. The minimum absolute atomic E-state index is 0.0459. The molecule has 0 saturated heterocycles. The van der Waals surface area contributed by atoms with Crippen LogP contribution in [-0.4, -0.2) is 28.3 Å². The minimum Gasteiger partial charge on any atom is -0.494 e. The maximum atomic E-state index is 13.2. The van der Waals surface area contributed by atoms with Crippen molar-refractivity contribution in [1.82, 2.24) is 9.13 Å². The van der Waals surface area contributed by atoms with Gasteiger partial charge in [-0.25, -0.2) is 9.59 Å². The molecule has 3 rings (SSSR count). The third kappa shape index (κ3) is 4.05. The highest BCUT2D eigenvalue weighted by Crippen LogP contribution is 2.40. The molecule has 164 valence electrons. The monoisotopic (exact) mass is 425 g/mol. The van der Waals surface area contributed by atoms with E-state index in [1.54, 1.807) is 26.1 Å². The van der Waals surface area contributed by atoms with Crippen LogP contribution in [0.5, 0.6) is 5.75 Å². The number of rotatable bonds is 7. The average molecular weight is 425 g/mol. The van der Waals surface area contributed by atoms with E-state index in [0.717, 1.165) is 11.0 Å². The first-order chi connectivity index (χ1) is 14.8. The summed E-state index contributed by atoms with van der Waals surface area (Å²) in [7, 11) is 3.01. The smallest absolute Gasteiger partial charge is 0.337 e. The van der Waals surface area contributed by atoms with E-state index in [0.29, 0.717) is 40.6 Å². The van der Waals surface area contributed by atoms with Crippen molar-refractivity contribution in [2.24, 2.45) is 14.1 Å². The summed E-state index contributed by atoms with van der Waals surface area (Å²) in [5, 5.41) is 3.06. The molecule has 0 aliphatic carbocycles. The number of allylic oxidation sites excluding steroid dienone is 1. The number of hydrogen-bond acceptors (Lipinski definition) is 6. The number of fused-ring (bicyclic) bond motifs is 1.